The van der Waals surface area contributed by atoms with Gasteiger partial charge in [0.1, 0.15) is 5.69 Å². The van der Waals surface area contributed by atoms with E-state index in [0.717, 1.165) is 18.5 Å². The number of carbonyl (C=O) groups excluding carboxylic acids is 1. The van der Waals surface area contributed by atoms with Gasteiger partial charge in [0.2, 0.25) is 0 Å². The van der Waals surface area contributed by atoms with E-state index < -0.39 is 0 Å². The Labute approximate surface area is 127 Å². The number of hydrogen-bond acceptors (Lipinski definition) is 3. The molecule has 0 unspecified atom stereocenters. The largest absolute Gasteiger partial charge is 0.380 e. The molecule has 2 rings (SSSR count). The van der Waals surface area contributed by atoms with Crippen LogP contribution in [0.15, 0.2) is 18.3 Å². The van der Waals surface area contributed by atoms with Gasteiger partial charge in [0.05, 0.1) is 0 Å². The fourth-order valence-electron chi connectivity index (χ4n) is 2.75. The summed E-state index contributed by atoms with van der Waals surface area (Å²) in [5.74, 6) is -0.0561. The summed E-state index contributed by atoms with van der Waals surface area (Å²) >= 11 is 0. The van der Waals surface area contributed by atoms with Crippen molar-refractivity contribution in [2.45, 2.75) is 70.9 Å². The summed E-state index contributed by atoms with van der Waals surface area (Å²) in [4.78, 5) is 16.5. The molecule has 0 spiro atoms. The van der Waals surface area contributed by atoms with Crippen molar-refractivity contribution in [1.29, 1.82) is 0 Å². The molecule has 4 nitrogen and oxygen atoms in total. The summed E-state index contributed by atoms with van der Waals surface area (Å²) in [7, 11) is 0. The van der Waals surface area contributed by atoms with Gasteiger partial charge in [-0.1, -0.05) is 25.7 Å². The van der Waals surface area contributed by atoms with Gasteiger partial charge in [-0.15, -0.1) is 0 Å². The Bertz CT molecular complexity index is 471. The summed E-state index contributed by atoms with van der Waals surface area (Å²) in [6.45, 7) is 6.29. The standard InChI is InChI=1S/C17H27N3O/c1-17(2,3)20-14-10-11-18-15(12-14)16(21)19-13-8-6-4-5-7-9-13/h10-13H,4-9H2,1-3H3,(H,18,20)(H,19,21). The van der Waals surface area contributed by atoms with Gasteiger partial charge in [-0.3, -0.25) is 9.78 Å². The molecule has 0 atom stereocenters. The molecule has 2 N–H and O–H groups in total. The quantitative estimate of drug-likeness (QED) is 0.833. The normalized spacial score (nSPS) is 17.1. The highest BCUT2D eigenvalue weighted by Crippen LogP contribution is 2.18. The van der Waals surface area contributed by atoms with E-state index in [9.17, 15) is 4.79 Å². The molecule has 4 heteroatoms. The average molecular weight is 289 g/mol. The number of anilines is 1. The lowest BCUT2D eigenvalue weighted by molar-refractivity contribution is 0.0928. The lowest BCUT2D eigenvalue weighted by atomic mass is 10.1. The highest BCUT2D eigenvalue weighted by Gasteiger charge is 2.17. The number of nitrogens with one attached hydrogen (secondary N) is 2. The molecule has 0 radical (unpaired) electrons. The molecular weight excluding hydrogens is 262 g/mol. The Morgan fingerprint density at radius 2 is 1.86 bits per heavy atom. The number of rotatable bonds is 3. The Kier molecular flexibility index (Phi) is 5.21. The second kappa shape index (κ2) is 6.92. The minimum absolute atomic E-state index is 0.0314. The molecule has 0 aliphatic heterocycles. The summed E-state index contributed by atoms with van der Waals surface area (Å²) in [6.07, 6.45) is 8.87. The van der Waals surface area contributed by atoms with Crippen LogP contribution < -0.4 is 10.6 Å². The third kappa shape index (κ3) is 5.37. The predicted molar refractivity (Wildman–Crippen MR) is 86.6 cm³/mol. The number of pyridine rings is 1. The first kappa shape index (κ1) is 15.8. The van der Waals surface area contributed by atoms with Crippen LogP contribution >= 0.6 is 0 Å². The summed E-state index contributed by atoms with van der Waals surface area (Å²) in [6, 6.07) is 4.03. The van der Waals surface area contributed by atoms with E-state index in [4.69, 9.17) is 0 Å². The van der Waals surface area contributed by atoms with Gasteiger partial charge < -0.3 is 10.6 Å². The zero-order valence-electron chi connectivity index (χ0n) is 13.4. The monoisotopic (exact) mass is 289 g/mol. The maximum Gasteiger partial charge on any atom is 0.270 e. The van der Waals surface area contributed by atoms with Crippen LogP contribution in [-0.4, -0.2) is 22.5 Å². The van der Waals surface area contributed by atoms with Gasteiger partial charge in [0.15, 0.2) is 0 Å². The zero-order valence-corrected chi connectivity index (χ0v) is 13.4. The maximum atomic E-state index is 12.3. The van der Waals surface area contributed by atoms with E-state index in [1.165, 1.54) is 25.7 Å². The van der Waals surface area contributed by atoms with Crippen molar-refractivity contribution >= 4 is 11.6 Å². The first-order valence-corrected chi connectivity index (χ1v) is 7.99. The maximum absolute atomic E-state index is 12.3. The third-order valence-corrected chi connectivity index (χ3v) is 3.70. The van der Waals surface area contributed by atoms with Gasteiger partial charge in [0, 0.05) is 23.5 Å². The molecule has 1 aliphatic carbocycles. The SMILES string of the molecule is CC(C)(C)Nc1ccnc(C(=O)NC2CCCCCC2)c1. The van der Waals surface area contributed by atoms with E-state index in [1.807, 2.05) is 12.1 Å². The molecule has 0 bridgehead atoms. The van der Waals surface area contributed by atoms with Gasteiger partial charge in [0.25, 0.3) is 5.91 Å². The minimum atomic E-state index is -0.0561. The molecule has 1 aromatic heterocycles. The fraction of sp³-hybridized carbons (Fsp3) is 0.647. The summed E-state index contributed by atoms with van der Waals surface area (Å²) in [5, 5.41) is 6.51. The van der Waals surface area contributed by atoms with Crippen LogP contribution in [0.25, 0.3) is 0 Å². The molecule has 1 heterocycles. The average Bonchev–Trinajstić information content (AvgIpc) is 2.65. The van der Waals surface area contributed by atoms with Crippen molar-refractivity contribution in [3.05, 3.63) is 24.0 Å². The highest BCUT2D eigenvalue weighted by atomic mass is 16.1. The lowest BCUT2D eigenvalue weighted by Gasteiger charge is -2.22. The molecule has 0 saturated heterocycles. The number of aromatic nitrogens is 1. The molecule has 1 aliphatic rings. The number of nitrogens with zero attached hydrogens (tertiary/aromatic N) is 1. The van der Waals surface area contributed by atoms with Crippen LogP contribution in [0.4, 0.5) is 5.69 Å². The highest BCUT2D eigenvalue weighted by molar-refractivity contribution is 5.93. The Morgan fingerprint density at radius 1 is 1.19 bits per heavy atom. The lowest BCUT2D eigenvalue weighted by Crippen LogP contribution is -2.35. The van der Waals surface area contributed by atoms with Crippen molar-refractivity contribution in [1.82, 2.24) is 10.3 Å². The molecule has 1 fully saturated rings. The van der Waals surface area contributed by atoms with Crippen LogP contribution in [0.2, 0.25) is 0 Å². The fourth-order valence-corrected chi connectivity index (χ4v) is 2.75. The second-order valence-electron chi connectivity index (χ2n) is 6.97. The third-order valence-electron chi connectivity index (χ3n) is 3.70. The molecule has 116 valence electrons. The summed E-state index contributed by atoms with van der Waals surface area (Å²) in [5.41, 5.74) is 1.40. The smallest absolute Gasteiger partial charge is 0.270 e. The minimum Gasteiger partial charge on any atom is -0.380 e. The molecule has 0 aromatic carbocycles. The number of carbonyl (C=O) groups is 1. The summed E-state index contributed by atoms with van der Waals surface area (Å²) < 4.78 is 0. The number of amides is 1. The van der Waals surface area contributed by atoms with Crippen LogP contribution in [0.3, 0.4) is 0 Å². The van der Waals surface area contributed by atoms with Crippen molar-refractivity contribution in [2.75, 3.05) is 5.32 Å². The van der Waals surface area contributed by atoms with E-state index in [0.29, 0.717) is 11.7 Å². The molecule has 1 amide bonds. The Hall–Kier alpha value is -1.58. The number of hydrogen-bond donors (Lipinski definition) is 2. The van der Waals surface area contributed by atoms with Gasteiger partial charge in [-0.2, -0.15) is 0 Å². The second-order valence-corrected chi connectivity index (χ2v) is 6.97. The van der Waals surface area contributed by atoms with Crippen molar-refractivity contribution < 1.29 is 4.79 Å². The van der Waals surface area contributed by atoms with Gasteiger partial charge in [-0.05, 0) is 45.7 Å². The van der Waals surface area contributed by atoms with Crippen molar-refractivity contribution in [3.8, 4) is 0 Å². The Morgan fingerprint density at radius 3 is 2.48 bits per heavy atom. The van der Waals surface area contributed by atoms with Crippen molar-refractivity contribution in [3.63, 3.8) is 0 Å². The van der Waals surface area contributed by atoms with Crippen LogP contribution in [0.1, 0.15) is 69.8 Å². The molecule has 1 aromatic rings. The van der Waals surface area contributed by atoms with Crippen LogP contribution in [-0.2, 0) is 0 Å². The zero-order chi connectivity index (χ0) is 15.3. The predicted octanol–water partition coefficient (Wildman–Crippen LogP) is 3.74. The van der Waals surface area contributed by atoms with E-state index in [-0.39, 0.29) is 11.4 Å². The first-order chi connectivity index (χ1) is 9.94. The topological polar surface area (TPSA) is 54.0 Å². The van der Waals surface area contributed by atoms with Gasteiger partial charge >= 0.3 is 0 Å². The Balaban J connectivity index is 2.00. The first-order valence-electron chi connectivity index (χ1n) is 7.99. The molecular formula is C17H27N3O. The van der Waals surface area contributed by atoms with Crippen LogP contribution in [0, 0.1) is 0 Å². The van der Waals surface area contributed by atoms with Crippen molar-refractivity contribution in [2.24, 2.45) is 0 Å². The molecule has 1 saturated carbocycles. The molecule has 21 heavy (non-hydrogen) atoms. The van der Waals surface area contributed by atoms with Gasteiger partial charge in [-0.25, -0.2) is 0 Å². The van der Waals surface area contributed by atoms with E-state index >= 15 is 0 Å². The van der Waals surface area contributed by atoms with E-state index in [1.54, 1.807) is 6.20 Å². The van der Waals surface area contributed by atoms with E-state index in [2.05, 4.69) is 36.4 Å². The van der Waals surface area contributed by atoms with Crippen LogP contribution in [0.5, 0.6) is 0 Å².